The van der Waals surface area contributed by atoms with Gasteiger partial charge in [0.1, 0.15) is 0 Å². The van der Waals surface area contributed by atoms with Crippen molar-refractivity contribution in [3.63, 3.8) is 0 Å². The van der Waals surface area contributed by atoms with E-state index in [0.717, 1.165) is 24.8 Å². The summed E-state index contributed by atoms with van der Waals surface area (Å²) >= 11 is 1.83. The molecule has 0 saturated heterocycles. The fourth-order valence-corrected chi connectivity index (χ4v) is 5.34. The SMILES string of the molecule is COC(=O)c1ccncc1CC[C@H]1CCCc2cc(Sc3cccc(C)c3)ccc21. The molecule has 3 nitrogen and oxygen atoms in total. The molecule has 0 N–H and O–H groups in total. The van der Waals surface area contributed by atoms with Crippen molar-refractivity contribution >= 4 is 17.7 Å². The van der Waals surface area contributed by atoms with Gasteiger partial charge in [0.05, 0.1) is 12.7 Å². The zero-order chi connectivity index (χ0) is 20.9. The van der Waals surface area contributed by atoms with Gasteiger partial charge in [0, 0.05) is 22.2 Å². The molecule has 0 spiro atoms. The highest BCUT2D eigenvalue weighted by atomic mass is 32.2. The van der Waals surface area contributed by atoms with Gasteiger partial charge >= 0.3 is 5.97 Å². The van der Waals surface area contributed by atoms with Gasteiger partial charge in [-0.05, 0) is 92.0 Å². The Morgan fingerprint density at radius 1 is 1.17 bits per heavy atom. The molecule has 1 aliphatic carbocycles. The third kappa shape index (κ3) is 4.76. The van der Waals surface area contributed by atoms with E-state index in [-0.39, 0.29) is 5.97 Å². The van der Waals surface area contributed by atoms with E-state index in [1.165, 1.54) is 46.4 Å². The van der Waals surface area contributed by atoms with Crippen molar-refractivity contribution in [2.75, 3.05) is 7.11 Å². The number of hydrogen-bond donors (Lipinski definition) is 0. The second-order valence-electron chi connectivity index (χ2n) is 7.93. The molecule has 0 unspecified atom stereocenters. The molecule has 0 aliphatic heterocycles. The van der Waals surface area contributed by atoms with Crippen molar-refractivity contribution < 1.29 is 9.53 Å². The van der Waals surface area contributed by atoms with Gasteiger partial charge in [-0.3, -0.25) is 4.98 Å². The molecule has 154 valence electrons. The number of nitrogens with zero attached hydrogens (tertiary/aromatic N) is 1. The molecule has 3 aromatic rings. The van der Waals surface area contributed by atoms with Gasteiger partial charge in [-0.2, -0.15) is 0 Å². The molecule has 1 atom stereocenters. The smallest absolute Gasteiger partial charge is 0.338 e. The molecule has 0 saturated carbocycles. The van der Waals surface area contributed by atoms with E-state index < -0.39 is 0 Å². The summed E-state index contributed by atoms with van der Waals surface area (Å²) in [7, 11) is 1.43. The van der Waals surface area contributed by atoms with E-state index in [9.17, 15) is 4.79 Å². The molecular weight excluding hydrogens is 390 g/mol. The molecule has 4 rings (SSSR count). The van der Waals surface area contributed by atoms with Gasteiger partial charge < -0.3 is 4.74 Å². The van der Waals surface area contributed by atoms with Crippen LogP contribution in [0, 0.1) is 6.92 Å². The monoisotopic (exact) mass is 417 g/mol. The molecule has 1 heterocycles. The number of carbonyl (C=O) groups is 1. The van der Waals surface area contributed by atoms with E-state index in [1.54, 1.807) is 18.5 Å². The quantitative estimate of drug-likeness (QED) is 0.436. The number of methoxy groups -OCH3 is 1. The van der Waals surface area contributed by atoms with Gasteiger partial charge in [-0.15, -0.1) is 0 Å². The van der Waals surface area contributed by atoms with Crippen LogP contribution in [0.5, 0.6) is 0 Å². The van der Waals surface area contributed by atoms with Gasteiger partial charge in [0.25, 0.3) is 0 Å². The first kappa shape index (κ1) is 20.7. The summed E-state index contributed by atoms with van der Waals surface area (Å²) in [6, 6.07) is 17.4. The van der Waals surface area contributed by atoms with Crippen molar-refractivity contribution in [1.29, 1.82) is 0 Å². The predicted molar refractivity (Wildman–Crippen MR) is 121 cm³/mol. The van der Waals surface area contributed by atoms with Crippen LogP contribution in [0.3, 0.4) is 0 Å². The lowest BCUT2D eigenvalue weighted by Crippen LogP contribution is -2.12. The van der Waals surface area contributed by atoms with Gasteiger partial charge in [-0.1, -0.05) is 35.5 Å². The van der Waals surface area contributed by atoms with Crippen molar-refractivity contribution in [1.82, 2.24) is 4.98 Å². The third-order valence-electron chi connectivity index (χ3n) is 5.85. The molecule has 2 aromatic carbocycles. The maximum absolute atomic E-state index is 12.0. The normalized spacial score (nSPS) is 15.5. The lowest BCUT2D eigenvalue weighted by Gasteiger charge is -2.26. The number of fused-ring (bicyclic) bond motifs is 1. The highest BCUT2D eigenvalue weighted by Gasteiger charge is 2.21. The average Bonchev–Trinajstić information content (AvgIpc) is 2.77. The highest BCUT2D eigenvalue weighted by molar-refractivity contribution is 7.99. The van der Waals surface area contributed by atoms with E-state index in [1.807, 2.05) is 11.8 Å². The van der Waals surface area contributed by atoms with Crippen LogP contribution in [0.1, 0.15) is 57.8 Å². The Morgan fingerprint density at radius 2 is 2.03 bits per heavy atom. The number of rotatable bonds is 6. The molecule has 30 heavy (non-hydrogen) atoms. The van der Waals surface area contributed by atoms with Crippen LogP contribution in [-0.4, -0.2) is 18.1 Å². The molecule has 1 aromatic heterocycles. The van der Waals surface area contributed by atoms with Crippen LogP contribution >= 0.6 is 11.8 Å². The van der Waals surface area contributed by atoms with E-state index in [0.29, 0.717) is 11.5 Å². The Morgan fingerprint density at radius 3 is 2.87 bits per heavy atom. The van der Waals surface area contributed by atoms with E-state index in [2.05, 4.69) is 54.4 Å². The zero-order valence-corrected chi connectivity index (χ0v) is 18.4. The van der Waals surface area contributed by atoms with Crippen molar-refractivity contribution in [3.05, 3.63) is 88.7 Å². The Balaban J connectivity index is 1.49. The standard InChI is InChI=1S/C26H27NO2S/c1-18-5-3-8-22(15-18)30-23-11-12-24-19(6-4-7-20(24)16-23)9-10-21-17-27-14-13-25(21)26(28)29-2/h3,5,8,11-17,19H,4,6-7,9-10H2,1-2H3/t19-/m1/s1. The number of pyridine rings is 1. The number of aryl methyl sites for hydroxylation is 3. The Hall–Kier alpha value is -2.59. The second-order valence-corrected chi connectivity index (χ2v) is 9.08. The number of carbonyl (C=O) groups excluding carboxylic acids is 1. The molecular formula is C26H27NO2S. The van der Waals surface area contributed by atoms with Crippen LogP contribution in [0.2, 0.25) is 0 Å². The Bertz CT molecular complexity index is 1050. The Labute approximate surface area is 182 Å². The molecule has 4 heteroatoms. The third-order valence-corrected chi connectivity index (χ3v) is 6.83. The highest BCUT2D eigenvalue weighted by Crippen LogP contribution is 2.38. The number of ether oxygens (including phenoxy) is 1. The van der Waals surface area contributed by atoms with Gasteiger partial charge in [0.15, 0.2) is 0 Å². The number of esters is 1. The summed E-state index contributed by atoms with van der Waals surface area (Å²) in [4.78, 5) is 18.8. The minimum atomic E-state index is -0.283. The number of aromatic nitrogens is 1. The second kappa shape index (κ2) is 9.48. The summed E-state index contributed by atoms with van der Waals surface area (Å²) in [5.41, 5.74) is 5.85. The summed E-state index contributed by atoms with van der Waals surface area (Å²) in [6.07, 6.45) is 8.87. The number of benzene rings is 2. The maximum atomic E-state index is 12.0. The fourth-order valence-electron chi connectivity index (χ4n) is 4.33. The van der Waals surface area contributed by atoms with Crippen molar-refractivity contribution in [2.45, 2.75) is 54.7 Å². The molecule has 0 bridgehead atoms. The molecule has 1 aliphatic rings. The van der Waals surface area contributed by atoms with Gasteiger partial charge in [-0.25, -0.2) is 4.79 Å². The Kier molecular flexibility index (Phi) is 6.53. The molecule has 0 fully saturated rings. The van der Waals surface area contributed by atoms with Gasteiger partial charge in [0.2, 0.25) is 0 Å². The summed E-state index contributed by atoms with van der Waals surface area (Å²) < 4.78 is 4.93. The first-order chi connectivity index (χ1) is 14.6. The summed E-state index contributed by atoms with van der Waals surface area (Å²) in [5.74, 6) is 0.242. The minimum Gasteiger partial charge on any atom is -0.465 e. The molecule has 0 radical (unpaired) electrons. The van der Waals surface area contributed by atoms with E-state index >= 15 is 0 Å². The average molecular weight is 418 g/mol. The maximum Gasteiger partial charge on any atom is 0.338 e. The first-order valence-corrected chi connectivity index (χ1v) is 11.3. The lowest BCUT2D eigenvalue weighted by atomic mass is 9.80. The summed E-state index contributed by atoms with van der Waals surface area (Å²) in [6.45, 7) is 2.13. The van der Waals surface area contributed by atoms with E-state index in [4.69, 9.17) is 4.74 Å². The van der Waals surface area contributed by atoms with Crippen molar-refractivity contribution in [3.8, 4) is 0 Å². The van der Waals surface area contributed by atoms with Crippen LogP contribution in [0.15, 0.2) is 70.7 Å². The van der Waals surface area contributed by atoms with Crippen LogP contribution in [0.25, 0.3) is 0 Å². The molecule has 0 amide bonds. The fraction of sp³-hybridized carbons (Fsp3) is 0.308. The van der Waals surface area contributed by atoms with Crippen molar-refractivity contribution in [2.24, 2.45) is 0 Å². The first-order valence-electron chi connectivity index (χ1n) is 10.5. The number of hydrogen-bond acceptors (Lipinski definition) is 4. The minimum absolute atomic E-state index is 0.283. The van der Waals surface area contributed by atoms with Crippen LogP contribution in [0.4, 0.5) is 0 Å². The largest absolute Gasteiger partial charge is 0.465 e. The van der Waals surface area contributed by atoms with Crippen LogP contribution in [-0.2, 0) is 17.6 Å². The van der Waals surface area contributed by atoms with Crippen LogP contribution < -0.4 is 0 Å². The summed E-state index contributed by atoms with van der Waals surface area (Å²) in [5, 5.41) is 0. The zero-order valence-electron chi connectivity index (χ0n) is 17.6. The lowest BCUT2D eigenvalue weighted by molar-refractivity contribution is 0.0599. The predicted octanol–water partition coefficient (Wildman–Crippen LogP) is 6.38. The topological polar surface area (TPSA) is 39.2 Å².